The zero-order chi connectivity index (χ0) is 14.8. The van der Waals surface area contributed by atoms with E-state index < -0.39 is 30.9 Å². The number of hydrogen-bond donors (Lipinski definition) is 1. The molecule has 0 saturated carbocycles. The first-order chi connectivity index (χ1) is 8.53. The maximum Gasteiger partial charge on any atom is 0.335 e. The molecule has 9 heteroatoms. The third-order valence-electron chi connectivity index (χ3n) is 2.26. The Kier molecular flexibility index (Phi) is 4.21. The molecule has 7 nitrogen and oxygen atoms in total. The van der Waals surface area contributed by atoms with E-state index in [9.17, 15) is 21.6 Å². The molecular formula is C10H13NO6S2. The molecule has 1 aromatic carbocycles. The molecular weight excluding hydrogens is 294 g/mol. The summed E-state index contributed by atoms with van der Waals surface area (Å²) in [4.78, 5) is 10.7. The lowest BCUT2D eigenvalue weighted by molar-refractivity contribution is 0.0697. The van der Waals surface area contributed by atoms with Gasteiger partial charge in [0.1, 0.15) is 0 Å². The van der Waals surface area contributed by atoms with Crippen LogP contribution in [0.3, 0.4) is 0 Å². The van der Waals surface area contributed by atoms with Crippen LogP contribution in [0.1, 0.15) is 10.4 Å². The third-order valence-corrected chi connectivity index (χ3v) is 6.21. The summed E-state index contributed by atoms with van der Waals surface area (Å²) in [6.45, 7) is 0. The molecule has 0 fully saturated rings. The Morgan fingerprint density at radius 1 is 1.16 bits per heavy atom. The molecule has 0 aliphatic rings. The Hall–Kier alpha value is -1.61. The zero-order valence-corrected chi connectivity index (χ0v) is 11.9. The summed E-state index contributed by atoms with van der Waals surface area (Å²) in [5, 5.41) is 7.71. The van der Waals surface area contributed by atoms with Crippen LogP contribution in [0.15, 0.2) is 24.3 Å². The number of rotatable bonds is 5. The van der Waals surface area contributed by atoms with Crippen LogP contribution in [0.25, 0.3) is 0 Å². The van der Waals surface area contributed by atoms with Crippen LogP contribution in [0.2, 0.25) is 0 Å². The quantitative estimate of drug-likeness (QED) is 0.829. The fourth-order valence-corrected chi connectivity index (χ4v) is 4.56. The number of benzene rings is 1. The fraction of sp³-hybridized carbons (Fsp3) is 0.300. The van der Waals surface area contributed by atoms with Crippen LogP contribution in [0, 0.1) is 0 Å². The molecule has 0 aliphatic carbocycles. The topological polar surface area (TPSA) is 109 Å². The van der Waals surface area contributed by atoms with Gasteiger partial charge in [0.15, 0.2) is 14.9 Å². The highest BCUT2D eigenvalue weighted by molar-refractivity contribution is 8.08. The summed E-state index contributed by atoms with van der Waals surface area (Å²) in [6.07, 6.45) is 0.825. The van der Waals surface area contributed by atoms with Crippen LogP contribution in [-0.4, -0.2) is 46.3 Å². The van der Waals surface area contributed by atoms with E-state index in [1.54, 1.807) is 0 Å². The molecule has 0 amide bonds. The maximum atomic E-state index is 11.8. The van der Waals surface area contributed by atoms with E-state index >= 15 is 0 Å². The van der Waals surface area contributed by atoms with Crippen molar-refractivity contribution in [2.45, 2.75) is 0 Å². The number of hydrogen-bond acceptors (Lipinski definition) is 5. The molecule has 1 aromatic rings. The highest BCUT2D eigenvalue weighted by Crippen LogP contribution is 2.18. The van der Waals surface area contributed by atoms with E-state index in [1.807, 2.05) is 0 Å². The van der Waals surface area contributed by atoms with Gasteiger partial charge in [0.2, 0.25) is 10.0 Å². The van der Waals surface area contributed by atoms with Crippen LogP contribution in [0.4, 0.5) is 5.69 Å². The summed E-state index contributed by atoms with van der Waals surface area (Å²) in [6, 6.07) is 5.07. The van der Waals surface area contributed by atoms with E-state index in [0.29, 0.717) is 0 Å². The normalized spacial score (nSPS) is 12.1. The second kappa shape index (κ2) is 5.17. The van der Waals surface area contributed by atoms with Crippen molar-refractivity contribution < 1.29 is 26.7 Å². The van der Waals surface area contributed by atoms with Gasteiger partial charge in [0, 0.05) is 13.3 Å². The minimum atomic E-state index is -4.01. The number of sulfone groups is 1. The van der Waals surface area contributed by atoms with Gasteiger partial charge in [-0.1, -0.05) is 0 Å². The smallest absolute Gasteiger partial charge is 0.335 e. The van der Waals surface area contributed by atoms with Gasteiger partial charge in [-0.3, -0.25) is 4.31 Å². The van der Waals surface area contributed by atoms with Crippen molar-refractivity contribution in [2.75, 3.05) is 22.7 Å². The average molecular weight is 307 g/mol. The van der Waals surface area contributed by atoms with Gasteiger partial charge in [0.05, 0.1) is 11.3 Å². The molecule has 1 rings (SSSR count). The van der Waals surface area contributed by atoms with Crippen LogP contribution >= 0.6 is 0 Å². The Balaban J connectivity index is 3.06. The lowest BCUT2D eigenvalue weighted by atomic mass is 10.2. The van der Waals surface area contributed by atoms with E-state index in [4.69, 9.17) is 5.11 Å². The van der Waals surface area contributed by atoms with Crippen molar-refractivity contribution in [3.63, 3.8) is 0 Å². The first-order valence-electron chi connectivity index (χ1n) is 5.00. The molecule has 0 bridgehead atoms. The van der Waals surface area contributed by atoms with E-state index in [2.05, 4.69) is 0 Å². The molecule has 0 saturated heterocycles. The van der Waals surface area contributed by atoms with E-state index in [0.717, 1.165) is 10.6 Å². The molecule has 0 spiro atoms. The number of carboxylic acid groups (broad SMARTS) is 1. The van der Waals surface area contributed by atoms with Crippen molar-refractivity contribution in [2.24, 2.45) is 0 Å². The highest BCUT2D eigenvalue weighted by Gasteiger charge is 2.23. The minimum absolute atomic E-state index is 0.0117. The lowest BCUT2D eigenvalue weighted by Crippen LogP contribution is -2.31. The van der Waals surface area contributed by atoms with E-state index in [-0.39, 0.29) is 11.3 Å². The zero-order valence-electron chi connectivity index (χ0n) is 10.3. The number of carbonyl (C=O) groups is 1. The number of sulfonamides is 1. The van der Waals surface area contributed by atoms with Crippen molar-refractivity contribution in [1.29, 1.82) is 0 Å². The highest BCUT2D eigenvalue weighted by atomic mass is 32.3. The molecule has 0 radical (unpaired) electrons. The van der Waals surface area contributed by atoms with Gasteiger partial charge >= 0.3 is 5.97 Å². The number of nitrogens with zero attached hydrogens (tertiary/aromatic N) is 1. The summed E-state index contributed by atoms with van der Waals surface area (Å²) in [5.74, 6) is -1.13. The fourth-order valence-electron chi connectivity index (χ4n) is 1.32. The maximum absolute atomic E-state index is 11.8. The number of carboxylic acids is 1. The SMILES string of the molecule is CN(c1ccc(C(=O)O)cc1)S(=O)(=O)CS(C)(=O)=O. The lowest BCUT2D eigenvalue weighted by Gasteiger charge is -2.18. The second-order valence-corrected chi connectivity index (χ2v) is 8.48. The van der Waals surface area contributed by atoms with Gasteiger partial charge < -0.3 is 5.11 Å². The molecule has 1 N–H and O–H groups in total. The summed E-state index contributed by atoms with van der Waals surface area (Å²) < 4.78 is 46.5. The molecule has 0 aliphatic heterocycles. The van der Waals surface area contributed by atoms with Gasteiger partial charge in [-0.2, -0.15) is 0 Å². The summed E-state index contributed by atoms with van der Waals surface area (Å²) >= 11 is 0. The predicted molar refractivity (Wildman–Crippen MR) is 70.4 cm³/mol. The van der Waals surface area contributed by atoms with Gasteiger partial charge in [0.25, 0.3) is 0 Å². The van der Waals surface area contributed by atoms with Gasteiger partial charge in [-0.05, 0) is 24.3 Å². The monoisotopic (exact) mass is 307 g/mol. The van der Waals surface area contributed by atoms with Gasteiger partial charge in [-0.15, -0.1) is 0 Å². The minimum Gasteiger partial charge on any atom is -0.478 e. The van der Waals surface area contributed by atoms with Crippen molar-refractivity contribution in [1.82, 2.24) is 0 Å². The predicted octanol–water partition coefficient (Wildman–Crippen LogP) is 0.153. The van der Waals surface area contributed by atoms with Crippen LogP contribution in [0.5, 0.6) is 0 Å². The number of anilines is 1. The van der Waals surface area contributed by atoms with Gasteiger partial charge in [-0.25, -0.2) is 21.6 Å². The summed E-state index contributed by atoms with van der Waals surface area (Å²) in [5.41, 5.74) is 0.200. The molecule has 19 heavy (non-hydrogen) atoms. The first kappa shape index (κ1) is 15.4. The van der Waals surface area contributed by atoms with Crippen LogP contribution < -0.4 is 4.31 Å². The molecule has 0 unspecified atom stereocenters. The Morgan fingerprint density at radius 3 is 2.00 bits per heavy atom. The summed E-state index contributed by atoms with van der Waals surface area (Å²) in [7, 11) is -6.48. The van der Waals surface area contributed by atoms with E-state index in [1.165, 1.54) is 31.3 Å². The molecule has 106 valence electrons. The van der Waals surface area contributed by atoms with Crippen molar-refractivity contribution in [3.05, 3.63) is 29.8 Å². The molecule has 0 heterocycles. The Morgan fingerprint density at radius 2 is 1.63 bits per heavy atom. The standard InChI is InChI=1S/C10H13NO6S2/c1-11(19(16,17)7-18(2,14)15)9-5-3-8(4-6-9)10(12)13/h3-6H,7H2,1-2H3,(H,12,13). The molecule has 0 aromatic heterocycles. The van der Waals surface area contributed by atoms with Crippen molar-refractivity contribution >= 4 is 31.5 Å². The number of aromatic carboxylic acids is 1. The first-order valence-corrected chi connectivity index (χ1v) is 8.67. The Labute approximate surface area is 111 Å². The third kappa shape index (κ3) is 4.21. The van der Waals surface area contributed by atoms with Crippen molar-refractivity contribution in [3.8, 4) is 0 Å². The van der Waals surface area contributed by atoms with Crippen LogP contribution in [-0.2, 0) is 19.9 Å². The second-order valence-electron chi connectivity index (χ2n) is 3.98. The Bertz CT molecular complexity index is 675. The molecule has 0 atom stereocenters. The average Bonchev–Trinajstić information content (AvgIpc) is 2.25. The largest absolute Gasteiger partial charge is 0.478 e.